The lowest BCUT2D eigenvalue weighted by atomic mass is 9.49. The highest BCUT2D eigenvalue weighted by atomic mass is 35.5. The standard InChI is InChI=1S/C21H24N4O2S.ClH/c1-26-18-15(9-22-19(24-18)27-2)16-11-28-20-23-17(10-25(16)20)21-6-12-3-13(7-21)5-14(4-12)8-21;/h9-14H,3-8H2,1-2H3;1H. The van der Waals surface area contributed by atoms with E-state index in [9.17, 15) is 0 Å². The fraction of sp³-hybridized carbons (Fsp3) is 0.571. The second-order valence-electron chi connectivity index (χ2n) is 8.88. The number of hydrogen-bond donors (Lipinski definition) is 0. The maximum atomic E-state index is 5.51. The van der Waals surface area contributed by atoms with Gasteiger partial charge in [0.05, 0.1) is 31.2 Å². The molecule has 0 radical (unpaired) electrons. The van der Waals surface area contributed by atoms with E-state index in [1.807, 2.05) is 0 Å². The van der Waals surface area contributed by atoms with Gasteiger partial charge in [0.15, 0.2) is 4.96 Å². The molecule has 7 rings (SSSR count). The van der Waals surface area contributed by atoms with E-state index >= 15 is 0 Å². The number of hydrogen-bond acceptors (Lipinski definition) is 6. The van der Waals surface area contributed by atoms with Crippen LogP contribution < -0.4 is 9.47 Å². The highest BCUT2D eigenvalue weighted by Gasteiger charge is 2.52. The van der Waals surface area contributed by atoms with Gasteiger partial charge < -0.3 is 9.47 Å². The molecule has 0 amide bonds. The summed E-state index contributed by atoms with van der Waals surface area (Å²) in [5, 5.41) is 2.11. The van der Waals surface area contributed by atoms with Gasteiger partial charge in [-0.25, -0.2) is 9.97 Å². The van der Waals surface area contributed by atoms with Gasteiger partial charge in [-0.2, -0.15) is 4.98 Å². The van der Waals surface area contributed by atoms with Gasteiger partial charge in [0.25, 0.3) is 0 Å². The topological polar surface area (TPSA) is 61.5 Å². The molecule has 3 aromatic rings. The van der Waals surface area contributed by atoms with Gasteiger partial charge in [0.1, 0.15) is 0 Å². The Morgan fingerprint density at radius 1 is 1.03 bits per heavy atom. The largest absolute Gasteiger partial charge is 0.480 e. The van der Waals surface area contributed by atoms with E-state index in [2.05, 4.69) is 25.9 Å². The fourth-order valence-electron chi connectivity index (χ4n) is 6.44. The van der Waals surface area contributed by atoms with Gasteiger partial charge in [0, 0.05) is 23.2 Å². The first-order valence-electron chi connectivity index (χ1n) is 10.1. The molecule has 29 heavy (non-hydrogen) atoms. The van der Waals surface area contributed by atoms with Crippen molar-refractivity contribution in [1.82, 2.24) is 19.4 Å². The first-order chi connectivity index (χ1) is 13.7. The molecule has 0 spiro atoms. The summed E-state index contributed by atoms with van der Waals surface area (Å²) in [6.07, 6.45) is 12.4. The number of fused-ring (bicyclic) bond motifs is 1. The van der Waals surface area contributed by atoms with Crippen LogP contribution in [0.3, 0.4) is 0 Å². The highest BCUT2D eigenvalue weighted by Crippen LogP contribution is 2.60. The Morgan fingerprint density at radius 3 is 2.34 bits per heavy atom. The Kier molecular flexibility index (Phi) is 4.51. The normalized spacial score (nSPS) is 29.8. The van der Waals surface area contributed by atoms with Crippen LogP contribution in [-0.4, -0.2) is 33.6 Å². The Morgan fingerprint density at radius 2 is 1.72 bits per heavy atom. The van der Waals surface area contributed by atoms with Crippen molar-refractivity contribution in [3.05, 3.63) is 23.5 Å². The Hall–Kier alpha value is -1.86. The van der Waals surface area contributed by atoms with E-state index in [4.69, 9.17) is 14.5 Å². The van der Waals surface area contributed by atoms with Crippen LogP contribution in [0.15, 0.2) is 17.8 Å². The summed E-state index contributed by atoms with van der Waals surface area (Å²) in [4.78, 5) is 14.8. The number of methoxy groups -OCH3 is 2. The quantitative estimate of drug-likeness (QED) is 0.594. The molecular weight excluding hydrogens is 408 g/mol. The van der Waals surface area contributed by atoms with E-state index in [1.54, 1.807) is 31.8 Å². The van der Waals surface area contributed by atoms with Gasteiger partial charge >= 0.3 is 6.01 Å². The number of rotatable bonds is 4. The molecule has 4 aliphatic rings. The molecule has 154 valence electrons. The van der Waals surface area contributed by atoms with Crippen molar-refractivity contribution < 1.29 is 9.47 Å². The molecule has 4 aliphatic carbocycles. The maximum absolute atomic E-state index is 5.51. The van der Waals surface area contributed by atoms with Gasteiger partial charge in [-0.1, -0.05) is 0 Å². The van der Waals surface area contributed by atoms with E-state index in [1.165, 1.54) is 44.2 Å². The van der Waals surface area contributed by atoms with E-state index in [0.29, 0.717) is 17.3 Å². The molecule has 8 heteroatoms. The van der Waals surface area contributed by atoms with Gasteiger partial charge in [-0.3, -0.25) is 4.40 Å². The SMILES string of the molecule is COc1ncc(-c2csc3nc(C45CC6CC(CC(C6)C4)C5)cn23)c(OC)n1.Cl. The smallest absolute Gasteiger partial charge is 0.319 e. The summed E-state index contributed by atoms with van der Waals surface area (Å²) in [6, 6.07) is 0.312. The molecule has 0 saturated heterocycles. The predicted molar refractivity (Wildman–Crippen MR) is 114 cm³/mol. The average Bonchev–Trinajstić information content (AvgIpc) is 3.28. The number of thiazole rings is 1. The maximum Gasteiger partial charge on any atom is 0.319 e. The molecule has 4 saturated carbocycles. The van der Waals surface area contributed by atoms with Crippen molar-refractivity contribution in [1.29, 1.82) is 0 Å². The minimum absolute atomic E-state index is 0. The molecule has 0 atom stereocenters. The number of halogens is 1. The summed E-state index contributed by atoms with van der Waals surface area (Å²) in [5.41, 5.74) is 3.50. The van der Waals surface area contributed by atoms with Crippen LogP contribution in [0, 0.1) is 17.8 Å². The van der Waals surface area contributed by atoms with Crippen LogP contribution in [0.25, 0.3) is 16.2 Å². The number of imidazole rings is 1. The minimum atomic E-state index is 0. The number of aromatic nitrogens is 4. The van der Waals surface area contributed by atoms with Crippen molar-refractivity contribution in [3.63, 3.8) is 0 Å². The lowest BCUT2D eigenvalue weighted by Crippen LogP contribution is -2.48. The van der Waals surface area contributed by atoms with Crippen LogP contribution in [0.2, 0.25) is 0 Å². The third kappa shape index (κ3) is 2.85. The molecule has 0 N–H and O–H groups in total. The zero-order valence-corrected chi connectivity index (χ0v) is 18.3. The summed E-state index contributed by atoms with van der Waals surface area (Å²) in [5.74, 6) is 3.28. The number of nitrogens with zero attached hydrogens (tertiary/aromatic N) is 4. The highest BCUT2D eigenvalue weighted by molar-refractivity contribution is 7.15. The Labute approximate surface area is 180 Å². The molecule has 0 aromatic carbocycles. The molecule has 4 fully saturated rings. The van der Waals surface area contributed by atoms with Gasteiger partial charge in [0.2, 0.25) is 5.88 Å². The van der Waals surface area contributed by atoms with Crippen LogP contribution in [0.1, 0.15) is 44.2 Å². The summed E-state index contributed by atoms with van der Waals surface area (Å²) >= 11 is 1.67. The first kappa shape index (κ1) is 19.1. The van der Waals surface area contributed by atoms with Gasteiger partial charge in [-0.15, -0.1) is 23.7 Å². The first-order valence-corrected chi connectivity index (χ1v) is 11.0. The Balaban J connectivity index is 0.00000181. The molecule has 4 bridgehead atoms. The average molecular weight is 433 g/mol. The lowest BCUT2D eigenvalue weighted by molar-refractivity contribution is -0.00696. The molecular formula is C21H25ClN4O2S. The van der Waals surface area contributed by atoms with Crippen molar-refractivity contribution in [3.8, 4) is 23.1 Å². The summed E-state index contributed by atoms with van der Waals surface area (Å²) < 4.78 is 12.8. The predicted octanol–water partition coefficient (Wildman–Crippen LogP) is 4.76. The second-order valence-corrected chi connectivity index (χ2v) is 9.71. The zero-order chi connectivity index (χ0) is 18.9. The van der Waals surface area contributed by atoms with E-state index in [-0.39, 0.29) is 12.4 Å². The molecule has 0 unspecified atom stereocenters. The van der Waals surface area contributed by atoms with Crippen LogP contribution >= 0.6 is 23.7 Å². The van der Waals surface area contributed by atoms with Crippen LogP contribution in [0.5, 0.6) is 11.9 Å². The molecule has 3 heterocycles. The minimum Gasteiger partial charge on any atom is -0.480 e. The third-order valence-electron chi connectivity index (χ3n) is 7.17. The monoisotopic (exact) mass is 432 g/mol. The van der Waals surface area contributed by atoms with Crippen molar-refractivity contribution >= 4 is 28.7 Å². The van der Waals surface area contributed by atoms with Gasteiger partial charge in [-0.05, 0) is 56.3 Å². The fourth-order valence-corrected chi connectivity index (χ4v) is 7.31. The second kappa shape index (κ2) is 6.84. The third-order valence-corrected chi connectivity index (χ3v) is 8.01. The van der Waals surface area contributed by atoms with Crippen molar-refractivity contribution in [2.24, 2.45) is 17.8 Å². The van der Waals surface area contributed by atoms with Crippen LogP contribution in [-0.2, 0) is 5.41 Å². The lowest BCUT2D eigenvalue weighted by Gasteiger charge is -2.56. The molecule has 6 nitrogen and oxygen atoms in total. The number of ether oxygens (including phenoxy) is 2. The Bertz CT molecular complexity index is 1030. The molecule has 0 aliphatic heterocycles. The van der Waals surface area contributed by atoms with Crippen molar-refractivity contribution in [2.75, 3.05) is 14.2 Å². The zero-order valence-electron chi connectivity index (χ0n) is 16.6. The van der Waals surface area contributed by atoms with E-state index in [0.717, 1.165) is 34.0 Å². The summed E-state index contributed by atoms with van der Waals surface area (Å²) in [7, 11) is 3.19. The molecule has 3 aromatic heterocycles. The summed E-state index contributed by atoms with van der Waals surface area (Å²) in [6.45, 7) is 0. The van der Waals surface area contributed by atoms with Crippen LogP contribution in [0.4, 0.5) is 0 Å². The van der Waals surface area contributed by atoms with E-state index < -0.39 is 0 Å². The van der Waals surface area contributed by atoms with Crippen molar-refractivity contribution in [2.45, 2.75) is 43.9 Å².